The molecule has 1 aliphatic heterocycles. The number of benzene rings is 1. The Morgan fingerprint density at radius 3 is 2.59 bits per heavy atom. The number of amides is 1. The van der Waals surface area contributed by atoms with Gasteiger partial charge in [-0.3, -0.25) is 4.79 Å². The summed E-state index contributed by atoms with van der Waals surface area (Å²) >= 11 is 0. The number of nitrogens with zero attached hydrogens (tertiary/aromatic N) is 1. The van der Waals surface area contributed by atoms with Gasteiger partial charge < -0.3 is 15.0 Å². The van der Waals surface area contributed by atoms with Crippen molar-refractivity contribution in [3.8, 4) is 5.75 Å². The highest BCUT2D eigenvalue weighted by Crippen LogP contribution is 2.34. The number of carbonyl (C=O) groups excluding carboxylic acids is 1. The van der Waals surface area contributed by atoms with E-state index in [1.54, 1.807) is 6.07 Å². The largest absolute Gasteiger partial charge is 0.490 e. The predicted octanol–water partition coefficient (Wildman–Crippen LogP) is 4.39. The molecule has 1 saturated heterocycles. The van der Waals surface area contributed by atoms with Crippen LogP contribution in [0.4, 0.5) is 4.39 Å². The molecular weight excluding hydrogens is 367 g/mol. The number of rotatable bonds is 7. The fourth-order valence-electron chi connectivity index (χ4n) is 5.18. The van der Waals surface area contributed by atoms with Gasteiger partial charge in [-0.15, -0.1) is 0 Å². The fraction of sp³-hybridized carbons (Fsp3) is 0.708. The fourth-order valence-corrected chi connectivity index (χ4v) is 5.18. The van der Waals surface area contributed by atoms with Crippen molar-refractivity contribution in [3.05, 3.63) is 29.1 Å². The average Bonchev–Trinajstić information content (AvgIpc) is 3.23. The van der Waals surface area contributed by atoms with Crippen LogP contribution >= 0.6 is 0 Å². The number of piperidine rings is 1. The van der Waals surface area contributed by atoms with E-state index in [1.165, 1.54) is 19.3 Å². The van der Waals surface area contributed by atoms with Gasteiger partial charge in [0.1, 0.15) is 17.7 Å². The molecule has 1 N–H and O–H groups in total. The second kappa shape index (κ2) is 9.92. The van der Waals surface area contributed by atoms with Crippen LogP contribution in [0, 0.1) is 5.82 Å². The third kappa shape index (κ3) is 5.50. The summed E-state index contributed by atoms with van der Waals surface area (Å²) in [6.45, 7) is 3.01. The number of likely N-dealkylation sites (tertiary alicyclic amines) is 1. The van der Waals surface area contributed by atoms with Gasteiger partial charge in [0.05, 0.1) is 0 Å². The van der Waals surface area contributed by atoms with E-state index in [1.807, 2.05) is 6.07 Å². The van der Waals surface area contributed by atoms with Crippen LogP contribution in [-0.2, 0) is 17.6 Å². The highest BCUT2D eigenvalue weighted by molar-refractivity contribution is 5.76. The molecule has 5 heteroatoms. The molecule has 0 spiro atoms. The molecule has 1 aromatic rings. The van der Waals surface area contributed by atoms with Gasteiger partial charge in [-0.1, -0.05) is 19.3 Å². The van der Waals surface area contributed by atoms with Gasteiger partial charge in [0, 0.05) is 31.1 Å². The van der Waals surface area contributed by atoms with Gasteiger partial charge in [-0.2, -0.15) is 0 Å². The molecule has 1 heterocycles. The van der Waals surface area contributed by atoms with Crippen LogP contribution in [0.1, 0.15) is 75.3 Å². The standard InChI is InChI=1S/C24H35FN2O2/c25-22-11-12-23(21-9-4-8-20(21)22)29-19-13-16-27(17-14-19)15-5-10-24(28)26-18-6-2-1-3-7-18/h11-12,18-19H,1-10,13-17H2,(H,26,28). The van der Waals surface area contributed by atoms with Crippen LogP contribution in [-0.4, -0.2) is 42.6 Å². The number of halogens is 1. The lowest BCUT2D eigenvalue weighted by Crippen LogP contribution is -2.39. The summed E-state index contributed by atoms with van der Waals surface area (Å²) in [6, 6.07) is 3.79. The quantitative estimate of drug-likeness (QED) is 0.736. The molecule has 160 valence electrons. The van der Waals surface area contributed by atoms with Crippen LogP contribution in [0.15, 0.2) is 12.1 Å². The van der Waals surface area contributed by atoms with Gasteiger partial charge in [0.2, 0.25) is 5.91 Å². The second-order valence-electron chi connectivity index (χ2n) is 9.02. The maximum atomic E-state index is 13.9. The van der Waals surface area contributed by atoms with Gasteiger partial charge >= 0.3 is 0 Å². The Bertz CT molecular complexity index is 694. The van der Waals surface area contributed by atoms with Crippen LogP contribution in [0.3, 0.4) is 0 Å². The molecule has 1 aromatic carbocycles. The first-order valence-electron chi connectivity index (χ1n) is 11.7. The smallest absolute Gasteiger partial charge is 0.220 e. The Hall–Kier alpha value is -1.62. The number of nitrogens with one attached hydrogen (secondary N) is 1. The lowest BCUT2D eigenvalue weighted by molar-refractivity contribution is -0.122. The zero-order valence-corrected chi connectivity index (χ0v) is 17.6. The van der Waals surface area contributed by atoms with E-state index in [4.69, 9.17) is 4.74 Å². The monoisotopic (exact) mass is 402 g/mol. The summed E-state index contributed by atoms with van der Waals surface area (Å²) in [5, 5.41) is 3.21. The van der Waals surface area contributed by atoms with E-state index in [9.17, 15) is 9.18 Å². The molecule has 4 rings (SSSR count). The summed E-state index contributed by atoms with van der Waals surface area (Å²) in [5.41, 5.74) is 1.96. The number of carbonyl (C=O) groups is 1. The van der Waals surface area contributed by atoms with E-state index < -0.39 is 0 Å². The summed E-state index contributed by atoms with van der Waals surface area (Å²) in [7, 11) is 0. The molecule has 1 amide bonds. The molecule has 4 nitrogen and oxygen atoms in total. The number of fused-ring (bicyclic) bond motifs is 1. The third-order valence-corrected chi connectivity index (χ3v) is 6.86. The van der Waals surface area contributed by atoms with Crippen molar-refractivity contribution in [2.45, 2.75) is 89.2 Å². The Morgan fingerprint density at radius 1 is 1.03 bits per heavy atom. The highest BCUT2D eigenvalue weighted by atomic mass is 19.1. The Kier molecular flexibility index (Phi) is 7.06. The average molecular weight is 403 g/mol. The molecule has 29 heavy (non-hydrogen) atoms. The summed E-state index contributed by atoms with van der Waals surface area (Å²) in [6.07, 6.45) is 12.7. The van der Waals surface area contributed by atoms with Gasteiger partial charge in [0.25, 0.3) is 0 Å². The molecular formula is C24H35FN2O2. The van der Waals surface area contributed by atoms with E-state index >= 15 is 0 Å². The SMILES string of the molecule is O=C(CCCN1CCC(Oc2ccc(F)c3c2CCC3)CC1)NC1CCCCC1. The molecule has 2 fully saturated rings. The van der Waals surface area contributed by atoms with Crippen LogP contribution in [0.2, 0.25) is 0 Å². The van der Waals surface area contributed by atoms with E-state index in [-0.39, 0.29) is 17.8 Å². The number of hydrogen-bond acceptors (Lipinski definition) is 3. The van der Waals surface area contributed by atoms with E-state index in [0.29, 0.717) is 12.5 Å². The minimum atomic E-state index is -0.0767. The van der Waals surface area contributed by atoms with Crippen molar-refractivity contribution >= 4 is 5.91 Å². The zero-order valence-electron chi connectivity index (χ0n) is 17.6. The minimum absolute atomic E-state index is 0.0767. The van der Waals surface area contributed by atoms with Crippen molar-refractivity contribution in [3.63, 3.8) is 0 Å². The van der Waals surface area contributed by atoms with Crippen LogP contribution < -0.4 is 10.1 Å². The van der Waals surface area contributed by atoms with Crippen molar-refractivity contribution in [2.75, 3.05) is 19.6 Å². The first-order valence-corrected chi connectivity index (χ1v) is 11.7. The van der Waals surface area contributed by atoms with Crippen LogP contribution in [0.5, 0.6) is 5.75 Å². The van der Waals surface area contributed by atoms with E-state index in [2.05, 4.69) is 10.2 Å². The first kappa shape index (κ1) is 20.6. The Balaban J connectivity index is 1.15. The molecule has 0 aromatic heterocycles. The molecule has 3 aliphatic rings. The normalized spacial score (nSPS) is 21.1. The number of hydrogen-bond donors (Lipinski definition) is 1. The molecule has 1 saturated carbocycles. The van der Waals surface area contributed by atoms with Gasteiger partial charge in [0.15, 0.2) is 0 Å². The second-order valence-corrected chi connectivity index (χ2v) is 9.02. The van der Waals surface area contributed by atoms with Crippen molar-refractivity contribution < 1.29 is 13.9 Å². The lowest BCUT2D eigenvalue weighted by Gasteiger charge is -2.32. The Morgan fingerprint density at radius 2 is 1.79 bits per heavy atom. The van der Waals surface area contributed by atoms with Crippen molar-refractivity contribution in [2.24, 2.45) is 0 Å². The van der Waals surface area contributed by atoms with Crippen molar-refractivity contribution in [1.82, 2.24) is 10.2 Å². The zero-order chi connectivity index (χ0) is 20.1. The maximum Gasteiger partial charge on any atom is 0.220 e. The molecule has 2 aliphatic carbocycles. The highest BCUT2D eigenvalue weighted by Gasteiger charge is 2.24. The maximum absolute atomic E-state index is 13.9. The molecule has 0 unspecified atom stereocenters. The minimum Gasteiger partial charge on any atom is -0.490 e. The Labute approximate surface area is 174 Å². The predicted molar refractivity (Wildman–Crippen MR) is 113 cm³/mol. The lowest BCUT2D eigenvalue weighted by atomic mass is 9.95. The van der Waals surface area contributed by atoms with Crippen molar-refractivity contribution in [1.29, 1.82) is 0 Å². The van der Waals surface area contributed by atoms with E-state index in [0.717, 1.165) is 87.9 Å². The third-order valence-electron chi connectivity index (χ3n) is 6.86. The summed E-state index contributed by atoms with van der Waals surface area (Å²) in [4.78, 5) is 14.6. The molecule has 0 atom stereocenters. The topological polar surface area (TPSA) is 41.6 Å². The molecule has 0 radical (unpaired) electrons. The van der Waals surface area contributed by atoms with Gasteiger partial charge in [-0.05, 0) is 75.6 Å². The first-order chi connectivity index (χ1) is 14.2. The number of ether oxygens (including phenoxy) is 1. The summed E-state index contributed by atoms with van der Waals surface area (Å²) in [5.74, 6) is 1.05. The van der Waals surface area contributed by atoms with Gasteiger partial charge in [-0.25, -0.2) is 4.39 Å². The molecule has 0 bridgehead atoms. The summed E-state index contributed by atoms with van der Waals surface area (Å²) < 4.78 is 20.2. The van der Waals surface area contributed by atoms with Crippen LogP contribution in [0.25, 0.3) is 0 Å².